The van der Waals surface area contributed by atoms with Crippen LogP contribution in [0.15, 0.2) is 17.1 Å². The summed E-state index contributed by atoms with van der Waals surface area (Å²) in [7, 11) is 1.94. The highest BCUT2D eigenvalue weighted by molar-refractivity contribution is 7.08. The predicted molar refractivity (Wildman–Crippen MR) is 98.9 cm³/mol. The van der Waals surface area contributed by atoms with E-state index in [1.54, 1.807) is 12.4 Å². The summed E-state index contributed by atoms with van der Waals surface area (Å²) in [5.41, 5.74) is 2.82. The molecule has 0 atom stereocenters. The quantitative estimate of drug-likeness (QED) is 0.539. The van der Waals surface area contributed by atoms with Gasteiger partial charge in [0.2, 0.25) is 5.06 Å². The Hall–Kier alpha value is -2.10. The van der Waals surface area contributed by atoms with Crippen LogP contribution < -0.4 is 4.74 Å². The number of nitrogens with zero attached hydrogens (tertiary/aromatic N) is 4. The minimum Gasteiger partial charge on any atom is -0.443 e. The van der Waals surface area contributed by atoms with Crippen molar-refractivity contribution in [1.29, 1.82) is 5.26 Å². The zero-order valence-electron chi connectivity index (χ0n) is 14.1. The summed E-state index contributed by atoms with van der Waals surface area (Å²) in [5, 5.41) is 10.3. The fraction of sp³-hybridized carbons (Fsp3) is 0.353. The molecule has 24 heavy (non-hydrogen) atoms. The van der Waals surface area contributed by atoms with E-state index in [9.17, 15) is 5.26 Å². The van der Waals surface area contributed by atoms with Crippen LogP contribution in [0.25, 0.3) is 0 Å². The first kappa shape index (κ1) is 18.2. The second kappa shape index (κ2) is 8.13. The van der Waals surface area contributed by atoms with Crippen LogP contribution in [0.2, 0.25) is 5.02 Å². The Bertz CT molecular complexity index is 795. The maximum Gasteiger partial charge on any atom is 0.218 e. The summed E-state index contributed by atoms with van der Waals surface area (Å²) in [4.78, 5) is 6.35. The van der Waals surface area contributed by atoms with Crippen LogP contribution in [-0.4, -0.2) is 29.2 Å². The average Bonchev–Trinajstić information content (AvgIpc) is 2.97. The largest absolute Gasteiger partial charge is 0.443 e. The van der Waals surface area contributed by atoms with Crippen molar-refractivity contribution in [3.05, 3.63) is 34.0 Å². The van der Waals surface area contributed by atoms with E-state index in [2.05, 4.69) is 15.4 Å². The Labute approximate surface area is 151 Å². The van der Waals surface area contributed by atoms with Crippen molar-refractivity contribution < 1.29 is 4.74 Å². The molecule has 1 aromatic carbocycles. The molecular formula is C17H19ClN4OS. The topological polar surface area (TPSA) is 61.5 Å². The van der Waals surface area contributed by atoms with Crippen molar-refractivity contribution in [1.82, 2.24) is 9.27 Å². The Morgan fingerprint density at radius 3 is 2.83 bits per heavy atom. The average molecular weight is 363 g/mol. The zero-order chi connectivity index (χ0) is 17.7. The number of aliphatic imine (C=N–C) groups is 1. The normalized spacial score (nSPS) is 10.8. The number of rotatable bonds is 6. The van der Waals surface area contributed by atoms with Gasteiger partial charge in [0.15, 0.2) is 0 Å². The van der Waals surface area contributed by atoms with Crippen molar-refractivity contribution in [3.63, 3.8) is 0 Å². The third-order valence-electron chi connectivity index (χ3n) is 3.52. The van der Waals surface area contributed by atoms with Crippen LogP contribution in [0.5, 0.6) is 10.8 Å². The van der Waals surface area contributed by atoms with E-state index >= 15 is 0 Å². The van der Waals surface area contributed by atoms with Gasteiger partial charge in [0.05, 0.1) is 22.7 Å². The first-order valence-electron chi connectivity index (χ1n) is 7.61. The van der Waals surface area contributed by atoms with Crippen molar-refractivity contribution in [3.8, 4) is 16.9 Å². The van der Waals surface area contributed by atoms with Gasteiger partial charge < -0.3 is 9.64 Å². The smallest absolute Gasteiger partial charge is 0.218 e. The summed E-state index contributed by atoms with van der Waals surface area (Å²) in [6.45, 7) is 6.79. The van der Waals surface area contributed by atoms with Gasteiger partial charge in [-0.05, 0) is 31.9 Å². The highest BCUT2D eigenvalue weighted by atomic mass is 35.5. The third-order valence-corrected chi connectivity index (χ3v) is 4.59. The minimum atomic E-state index is 0.490. The van der Waals surface area contributed by atoms with Crippen molar-refractivity contribution in [2.24, 2.45) is 4.99 Å². The molecule has 1 heterocycles. The maximum absolute atomic E-state index is 9.30. The van der Waals surface area contributed by atoms with Gasteiger partial charge in [0.1, 0.15) is 17.4 Å². The van der Waals surface area contributed by atoms with Gasteiger partial charge >= 0.3 is 0 Å². The van der Waals surface area contributed by atoms with Gasteiger partial charge in [-0.15, -0.1) is 0 Å². The number of aromatic nitrogens is 1. The van der Waals surface area contributed by atoms with Crippen LogP contribution in [0.4, 0.5) is 5.69 Å². The van der Waals surface area contributed by atoms with E-state index in [4.69, 9.17) is 16.3 Å². The first-order valence-corrected chi connectivity index (χ1v) is 8.76. The SMILES string of the molecule is CCc1nsc(Oc2cc(Cl)c(/N=C\N(C)CC)cc2C)c1C#N. The molecule has 0 saturated heterocycles. The lowest BCUT2D eigenvalue weighted by Crippen LogP contribution is -2.14. The molecule has 0 aliphatic rings. The monoisotopic (exact) mass is 362 g/mol. The van der Waals surface area contributed by atoms with Gasteiger partial charge in [-0.2, -0.15) is 9.64 Å². The summed E-state index contributed by atoms with van der Waals surface area (Å²) in [6, 6.07) is 5.75. The zero-order valence-corrected chi connectivity index (χ0v) is 15.7. The molecule has 0 amide bonds. The number of halogens is 1. The van der Waals surface area contributed by atoms with E-state index in [0.29, 0.717) is 33.5 Å². The van der Waals surface area contributed by atoms with E-state index in [-0.39, 0.29) is 0 Å². The molecule has 0 spiro atoms. The molecule has 0 fully saturated rings. The number of hydrogen-bond donors (Lipinski definition) is 0. The van der Waals surface area contributed by atoms with E-state index in [0.717, 1.165) is 17.8 Å². The number of hydrogen-bond acceptors (Lipinski definition) is 5. The molecule has 5 nitrogen and oxygen atoms in total. The minimum absolute atomic E-state index is 0.490. The molecule has 1 aromatic heterocycles. The summed E-state index contributed by atoms with van der Waals surface area (Å²) >= 11 is 7.49. The van der Waals surface area contributed by atoms with Gasteiger partial charge in [0, 0.05) is 31.2 Å². The molecule has 7 heteroatoms. The highest BCUT2D eigenvalue weighted by Crippen LogP contribution is 2.37. The number of ether oxygens (including phenoxy) is 1. The lowest BCUT2D eigenvalue weighted by Gasteiger charge is -2.11. The lowest BCUT2D eigenvalue weighted by atomic mass is 10.2. The Morgan fingerprint density at radius 1 is 1.46 bits per heavy atom. The molecule has 0 radical (unpaired) electrons. The second-order valence-electron chi connectivity index (χ2n) is 5.25. The Morgan fingerprint density at radius 2 is 2.21 bits per heavy atom. The number of benzene rings is 1. The van der Waals surface area contributed by atoms with Crippen molar-refractivity contribution >= 4 is 35.2 Å². The van der Waals surface area contributed by atoms with Gasteiger partial charge in [-0.3, -0.25) is 0 Å². The van der Waals surface area contributed by atoms with Crippen LogP contribution in [0.3, 0.4) is 0 Å². The van der Waals surface area contributed by atoms with E-state index in [1.165, 1.54) is 11.5 Å². The summed E-state index contributed by atoms with van der Waals surface area (Å²) < 4.78 is 10.1. The molecule has 0 saturated carbocycles. The molecular weight excluding hydrogens is 344 g/mol. The maximum atomic E-state index is 9.30. The third kappa shape index (κ3) is 4.05. The van der Waals surface area contributed by atoms with Crippen LogP contribution >= 0.6 is 23.1 Å². The molecule has 0 aliphatic carbocycles. The van der Waals surface area contributed by atoms with Gasteiger partial charge in [-0.25, -0.2) is 4.99 Å². The van der Waals surface area contributed by atoms with E-state index in [1.807, 2.05) is 38.8 Å². The van der Waals surface area contributed by atoms with Crippen LogP contribution in [0.1, 0.15) is 30.7 Å². The summed E-state index contributed by atoms with van der Waals surface area (Å²) in [6.07, 6.45) is 2.44. The number of nitriles is 1. The van der Waals surface area contributed by atoms with Crippen LogP contribution in [-0.2, 0) is 6.42 Å². The highest BCUT2D eigenvalue weighted by Gasteiger charge is 2.16. The molecule has 0 unspecified atom stereocenters. The van der Waals surface area contributed by atoms with Crippen LogP contribution in [0, 0.1) is 18.3 Å². The fourth-order valence-corrected chi connectivity index (χ4v) is 2.92. The fourth-order valence-electron chi connectivity index (χ4n) is 1.93. The second-order valence-corrected chi connectivity index (χ2v) is 6.39. The lowest BCUT2D eigenvalue weighted by molar-refractivity contribution is 0.491. The Kier molecular flexibility index (Phi) is 6.18. The molecule has 2 aromatic rings. The van der Waals surface area contributed by atoms with Gasteiger partial charge in [-0.1, -0.05) is 18.5 Å². The summed E-state index contributed by atoms with van der Waals surface area (Å²) in [5.74, 6) is 0.602. The predicted octanol–water partition coefficient (Wildman–Crippen LogP) is 4.94. The first-order chi connectivity index (χ1) is 11.5. The standard InChI is InChI=1S/C17H19ClN4OS/c1-5-14-12(9-19)17(24-21-14)23-16-8-13(18)15(7-11(16)3)20-10-22(4)6-2/h7-8,10H,5-6H2,1-4H3/b20-10-. The van der Waals surface area contributed by atoms with Crippen molar-refractivity contribution in [2.45, 2.75) is 27.2 Å². The number of aryl methyl sites for hydroxylation is 2. The molecule has 0 N–H and O–H groups in total. The van der Waals surface area contributed by atoms with E-state index < -0.39 is 0 Å². The molecule has 0 bridgehead atoms. The Balaban J connectivity index is 2.30. The molecule has 126 valence electrons. The van der Waals surface area contributed by atoms with Crippen molar-refractivity contribution in [2.75, 3.05) is 13.6 Å². The molecule has 2 rings (SSSR count). The molecule has 0 aliphatic heterocycles. The van der Waals surface area contributed by atoms with Gasteiger partial charge in [0.25, 0.3) is 0 Å².